The van der Waals surface area contributed by atoms with Gasteiger partial charge in [-0.25, -0.2) is 0 Å². The molecule has 0 saturated carbocycles. The zero-order valence-corrected chi connectivity index (χ0v) is 12.5. The first-order chi connectivity index (χ1) is 8.29. The third-order valence-electron chi connectivity index (χ3n) is 2.94. The Kier molecular flexibility index (Phi) is 5.19. The zero-order chi connectivity index (χ0) is 12.1. The molecular formula is C13H18BrNOS. The number of rotatable bonds is 3. The summed E-state index contributed by atoms with van der Waals surface area (Å²) in [5, 5.41) is 0. The molecule has 1 aliphatic heterocycles. The molecule has 0 N–H and O–H groups in total. The zero-order valence-electron chi connectivity index (χ0n) is 10.1. The average molecular weight is 316 g/mol. The molecule has 4 heteroatoms. The van der Waals surface area contributed by atoms with Crippen LogP contribution < -0.4 is 4.74 Å². The molecule has 0 atom stereocenters. The van der Waals surface area contributed by atoms with E-state index in [1.165, 1.54) is 36.6 Å². The second-order valence-electron chi connectivity index (χ2n) is 4.21. The highest BCUT2D eigenvalue weighted by Crippen LogP contribution is 2.26. The molecule has 0 radical (unpaired) electrons. The summed E-state index contributed by atoms with van der Waals surface area (Å²) in [4.78, 5) is 2.54. The van der Waals surface area contributed by atoms with Crippen LogP contribution in [0.4, 0.5) is 0 Å². The summed E-state index contributed by atoms with van der Waals surface area (Å²) < 4.78 is 6.29. The molecule has 1 heterocycles. The molecule has 0 unspecified atom stereocenters. The second kappa shape index (κ2) is 6.66. The predicted octanol–water partition coefficient (Wildman–Crippen LogP) is 3.40. The number of ether oxygens (including phenoxy) is 1. The van der Waals surface area contributed by atoms with Crippen LogP contribution in [0.1, 0.15) is 12.0 Å². The largest absolute Gasteiger partial charge is 0.496 e. The number of methoxy groups -OCH3 is 1. The van der Waals surface area contributed by atoms with Gasteiger partial charge in [-0.05, 0) is 52.3 Å². The lowest BCUT2D eigenvalue weighted by Gasteiger charge is -2.19. The minimum absolute atomic E-state index is 0.903. The normalized spacial score (nSPS) is 17.8. The van der Waals surface area contributed by atoms with Crippen LogP contribution in [0.5, 0.6) is 5.75 Å². The summed E-state index contributed by atoms with van der Waals surface area (Å²) in [6.07, 6.45) is 1.31. The molecule has 0 amide bonds. The molecule has 1 fully saturated rings. The van der Waals surface area contributed by atoms with Gasteiger partial charge >= 0.3 is 0 Å². The molecule has 0 bridgehead atoms. The molecule has 17 heavy (non-hydrogen) atoms. The van der Waals surface area contributed by atoms with Crippen LogP contribution in [0.25, 0.3) is 0 Å². The Hall–Kier alpha value is -0.190. The average Bonchev–Trinajstić information content (AvgIpc) is 2.58. The maximum atomic E-state index is 5.25. The lowest BCUT2D eigenvalue weighted by atomic mass is 10.2. The molecule has 0 spiro atoms. The number of hydrogen-bond donors (Lipinski definition) is 0. The summed E-state index contributed by atoms with van der Waals surface area (Å²) in [6.45, 7) is 3.47. The summed E-state index contributed by atoms with van der Waals surface area (Å²) in [6, 6.07) is 6.35. The van der Waals surface area contributed by atoms with Gasteiger partial charge in [-0.1, -0.05) is 6.07 Å². The van der Waals surface area contributed by atoms with E-state index in [0.29, 0.717) is 0 Å². The highest BCUT2D eigenvalue weighted by atomic mass is 79.9. The van der Waals surface area contributed by atoms with E-state index in [1.54, 1.807) is 7.11 Å². The number of benzene rings is 1. The van der Waals surface area contributed by atoms with Crippen LogP contribution in [-0.2, 0) is 6.54 Å². The molecule has 0 aliphatic carbocycles. The lowest BCUT2D eigenvalue weighted by molar-refractivity contribution is 0.287. The molecule has 1 aromatic rings. The van der Waals surface area contributed by atoms with Crippen molar-refractivity contribution in [2.45, 2.75) is 13.0 Å². The van der Waals surface area contributed by atoms with Crippen LogP contribution in [0, 0.1) is 0 Å². The van der Waals surface area contributed by atoms with Crippen LogP contribution in [0.3, 0.4) is 0 Å². The molecule has 1 aliphatic rings. The van der Waals surface area contributed by atoms with Crippen LogP contribution in [0.2, 0.25) is 0 Å². The topological polar surface area (TPSA) is 12.5 Å². The van der Waals surface area contributed by atoms with E-state index in [0.717, 1.165) is 16.8 Å². The molecule has 94 valence electrons. The minimum atomic E-state index is 0.903. The van der Waals surface area contributed by atoms with Crippen molar-refractivity contribution in [1.29, 1.82) is 0 Å². The van der Waals surface area contributed by atoms with Crippen molar-refractivity contribution in [2.24, 2.45) is 0 Å². The Balaban J connectivity index is 1.99. The van der Waals surface area contributed by atoms with Crippen LogP contribution >= 0.6 is 27.7 Å². The van der Waals surface area contributed by atoms with E-state index in [1.807, 2.05) is 6.07 Å². The SMILES string of the molecule is COc1ccc(CN2CCCSCC2)cc1Br. The third kappa shape index (κ3) is 3.90. The van der Waals surface area contributed by atoms with E-state index in [2.05, 4.69) is 44.7 Å². The first kappa shape index (κ1) is 13.2. The quantitative estimate of drug-likeness (QED) is 0.848. The Morgan fingerprint density at radius 3 is 3.00 bits per heavy atom. The van der Waals surface area contributed by atoms with Gasteiger partial charge in [0.1, 0.15) is 5.75 Å². The molecule has 2 nitrogen and oxygen atoms in total. The fraction of sp³-hybridized carbons (Fsp3) is 0.538. The minimum Gasteiger partial charge on any atom is -0.496 e. The van der Waals surface area contributed by atoms with E-state index in [4.69, 9.17) is 4.74 Å². The second-order valence-corrected chi connectivity index (χ2v) is 6.29. The Labute approximate surface area is 116 Å². The summed E-state index contributed by atoms with van der Waals surface area (Å²) in [7, 11) is 1.70. The van der Waals surface area contributed by atoms with Crippen molar-refractivity contribution >= 4 is 27.7 Å². The van der Waals surface area contributed by atoms with Gasteiger partial charge in [0, 0.05) is 18.8 Å². The standard InChI is InChI=1S/C13H18BrNOS/c1-16-13-4-3-11(9-12(13)14)10-15-5-2-7-17-8-6-15/h3-4,9H,2,5-8,10H2,1H3. The van der Waals surface area contributed by atoms with Gasteiger partial charge in [0.2, 0.25) is 0 Å². The van der Waals surface area contributed by atoms with Crippen molar-refractivity contribution in [3.05, 3.63) is 28.2 Å². The summed E-state index contributed by atoms with van der Waals surface area (Å²) in [5.74, 6) is 3.47. The Bertz CT molecular complexity index is 364. The molecule has 1 saturated heterocycles. The first-order valence-electron chi connectivity index (χ1n) is 5.92. The Morgan fingerprint density at radius 2 is 2.24 bits per heavy atom. The van der Waals surface area contributed by atoms with Gasteiger partial charge in [0.15, 0.2) is 0 Å². The van der Waals surface area contributed by atoms with E-state index < -0.39 is 0 Å². The molecule has 2 rings (SSSR count). The molecular weight excluding hydrogens is 298 g/mol. The maximum absolute atomic E-state index is 5.25. The van der Waals surface area contributed by atoms with Crippen molar-refractivity contribution in [2.75, 3.05) is 31.7 Å². The smallest absolute Gasteiger partial charge is 0.133 e. The van der Waals surface area contributed by atoms with Crippen LogP contribution in [-0.4, -0.2) is 36.6 Å². The third-order valence-corrected chi connectivity index (χ3v) is 4.61. The number of nitrogens with zero attached hydrogens (tertiary/aromatic N) is 1. The van der Waals surface area contributed by atoms with Crippen molar-refractivity contribution < 1.29 is 4.74 Å². The van der Waals surface area contributed by atoms with Gasteiger partial charge in [-0.15, -0.1) is 0 Å². The summed E-state index contributed by atoms with van der Waals surface area (Å²) in [5.41, 5.74) is 1.35. The summed E-state index contributed by atoms with van der Waals surface area (Å²) >= 11 is 5.61. The predicted molar refractivity (Wildman–Crippen MR) is 77.9 cm³/mol. The number of hydrogen-bond acceptors (Lipinski definition) is 3. The fourth-order valence-electron chi connectivity index (χ4n) is 2.02. The lowest BCUT2D eigenvalue weighted by Crippen LogP contribution is -2.25. The highest BCUT2D eigenvalue weighted by molar-refractivity contribution is 9.10. The first-order valence-corrected chi connectivity index (χ1v) is 7.87. The number of halogens is 1. The Morgan fingerprint density at radius 1 is 1.35 bits per heavy atom. The van der Waals surface area contributed by atoms with Crippen molar-refractivity contribution in [1.82, 2.24) is 4.90 Å². The van der Waals surface area contributed by atoms with Crippen molar-refractivity contribution in [3.63, 3.8) is 0 Å². The van der Waals surface area contributed by atoms with E-state index in [-0.39, 0.29) is 0 Å². The van der Waals surface area contributed by atoms with Gasteiger partial charge in [-0.3, -0.25) is 4.90 Å². The highest BCUT2D eigenvalue weighted by Gasteiger charge is 2.10. The fourth-order valence-corrected chi connectivity index (χ4v) is 3.54. The monoisotopic (exact) mass is 315 g/mol. The molecule has 0 aromatic heterocycles. The maximum Gasteiger partial charge on any atom is 0.133 e. The van der Waals surface area contributed by atoms with Gasteiger partial charge in [0.05, 0.1) is 11.6 Å². The van der Waals surface area contributed by atoms with Gasteiger partial charge < -0.3 is 4.74 Å². The van der Waals surface area contributed by atoms with Crippen molar-refractivity contribution in [3.8, 4) is 5.75 Å². The number of thioether (sulfide) groups is 1. The van der Waals surface area contributed by atoms with E-state index in [9.17, 15) is 0 Å². The van der Waals surface area contributed by atoms with Gasteiger partial charge in [-0.2, -0.15) is 11.8 Å². The van der Waals surface area contributed by atoms with Gasteiger partial charge in [0.25, 0.3) is 0 Å². The van der Waals surface area contributed by atoms with E-state index >= 15 is 0 Å². The molecule has 1 aromatic carbocycles. The van der Waals surface area contributed by atoms with Crippen LogP contribution in [0.15, 0.2) is 22.7 Å².